The summed E-state index contributed by atoms with van der Waals surface area (Å²) in [7, 11) is 0. The fourth-order valence-corrected chi connectivity index (χ4v) is 6.87. The first-order valence-corrected chi connectivity index (χ1v) is 13.5. The van der Waals surface area contributed by atoms with Crippen LogP contribution in [0.25, 0.3) is 0 Å². The van der Waals surface area contributed by atoms with Gasteiger partial charge in [-0.1, -0.05) is 43.2 Å². The van der Waals surface area contributed by atoms with E-state index in [9.17, 15) is 4.79 Å². The molecule has 0 N–H and O–H groups in total. The van der Waals surface area contributed by atoms with E-state index in [0.717, 1.165) is 28.0 Å². The van der Waals surface area contributed by atoms with Crippen LogP contribution in [-0.2, 0) is 4.79 Å². The summed E-state index contributed by atoms with van der Waals surface area (Å²) >= 11 is 4.84. The Labute approximate surface area is 194 Å². The summed E-state index contributed by atoms with van der Waals surface area (Å²) in [6, 6.07) is 8.67. The Balaban J connectivity index is 1.33. The number of aryl methyl sites for hydroxylation is 1. The van der Waals surface area contributed by atoms with E-state index >= 15 is 0 Å². The number of amides is 1. The van der Waals surface area contributed by atoms with E-state index in [1.165, 1.54) is 48.7 Å². The second-order valence-electron chi connectivity index (χ2n) is 7.98. The number of aromatic nitrogens is 3. The lowest BCUT2D eigenvalue weighted by Crippen LogP contribution is -2.28. The predicted octanol–water partition coefficient (Wildman–Crippen LogP) is 5.68. The molecule has 1 aliphatic carbocycles. The molecule has 0 saturated heterocycles. The largest absolute Gasteiger partial charge is 0.303 e. The van der Waals surface area contributed by atoms with Gasteiger partial charge in [0.2, 0.25) is 0 Å². The smallest absolute Gasteiger partial charge is 0.253 e. The van der Waals surface area contributed by atoms with Gasteiger partial charge in [0.05, 0.1) is 22.4 Å². The van der Waals surface area contributed by atoms with E-state index in [1.54, 1.807) is 27.7 Å². The molecule has 1 amide bonds. The van der Waals surface area contributed by atoms with E-state index in [1.807, 2.05) is 19.1 Å². The lowest BCUT2D eigenvalue weighted by Gasteiger charge is -2.25. The Morgan fingerprint density at radius 3 is 2.68 bits per heavy atom. The summed E-state index contributed by atoms with van der Waals surface area (Å²) in [5, 5.41) is 20.1. The van der Waals surface area contributed by atoms with Gasteiger partial charge in [0, 0.05) is 17.3 Å². The molecule has 1 aliphatic heterocycles. The summed E-state index contributed by atoms with van der Waals surface area (Å²) in [6.45, 7) is 2.01. The molecule has 0 radical (unpaired) electrons. The van der Waals surface area contributed by atoms with E-state index in [2.05, 4.69) is 37.7 Å². The van der Waals surface area contributed by atoms with Crippen LogP contribution in [0.2, 0.25) is 0 Å². The maximum absolute atomic E-state index is 13.3. The van der Waals surface area contributed by atoms with Crippen molar-refractivity contribution in [2.75, 3.05) is 5.75 Å². The third-order valence-corrected chi connectivity index (χ3v) is 8.76. The second kappa shape index (κ2) is 9.26. The zero-order valence-corrected chi connectivity index (χ0v) is 19.9. The summed E-state index contributed by atoms with van der Waals surface area (Å²) in [6.07, 6.45) is 6.91. The Morgan fingerprint density at radius 1 is 1.13 bits per heavy atom. The van der Waals surface area contributed by atoms with Crippen molar-refractivity contribution in [3.8, 4) is 0 Å². The third-order valence-electron chi connectivity index (χ3n) is 5.94. The zero-order chi connectivity index (χ0) is 21.2. The van der Waals surface area contributed by atoms with E-state index in [0.29, 0.717) is 11.8 Å². The molecule has 4 heterocycles. The predicted molar refractivity (Wildman–Crippen MR) is 127 cm³/mol. The van der Waals surface area contributed by atoms with E-state index < -0.39 is 0 Å². The minimum Gasteiger partial charge on any atom is -0.303 e. The summed E-state index contributed by atoms with van der Waals surface area (Å²) < 4.78 is 2.25. The molecule has 9 heteroatoms. The van der Waals surface area contributed by atoms with Gasteiger partial charge in [0.15, 0.2) is 5.16 Å². The van der Waals surface area contributed by atoms with Crippen LogP contribution in [0, 0.1) is 6.92 Å². The zero-order valence-electron chi connectivity index (χ0n) is 17.4. The van der Waals surface area contributed by atoms with Gasteiger partial charge in [-0.05, 0) is 42.7 Å². The van der Waals surface area contributed by atoms with Crippen LogP contribution in [0.1, 0.15) is 66.2 Å². The summed E-state index contributed by atoms with van der Waals surface area (Å²) in [5.74, 6) is 1.27. The molecule has 1 fully saturated rings. The topological polar surface area (TPSA) is 63.4 Å². The standard InChI is InChI=1S/C22H25N5OS3/c1-15-23-24-22(26(15)16-7-3-2-4-8-16)31-14-21(28)27-18(20-10-6-12-30-20)13-17(25-27)19-9-5-11-29-19/h5-6,9-12,16,18H,2-4,7-8,13-14H2,1H3. The molecule has 5 rings (SSSR count). The number of thioether (sulfide) groups is 1. The van der Waals surface area contributed by atoms with Gasteiger partial charge in [0.25, 0.3) is 5.91 Å². The minimum absolute atomic E-state index is 0.0193. The van der Waals surface area contributed by atoms with Crippen molar-refractivity contribution in [3.63, 3.8) is 0 Å². The van der Waals surface area contributed by atoms with Crippen LogP contribution in [0.4, 0.5) is 0 Å². The highest BCUT2D eigenvalue weighted by Crippen LogP contribution is 2.37. The normalized spacial score (nSPS) is 19.7. The van der Waals surface area contributed by atoms with Crippen molar-refractivity contribution in [2.45, 2.75) is 62.7 Å². The molecule has 1 saturated carbocycles. The van der Waals surface area contributed by atoms with Crippen molar-refractivity contribution in [1.29, 1.82) is 0 Å². The van der Waals surface area contributed by atoms with Crippen LogP contribution >= 0.6 is 34.4 Å². The molecule has 162 valence electrons. The van der Waals surface area contributed by atoms with Crippen molar-refractivity contribution >= 4 is 46.1 Å². The van der Waals surface area contributed by atoms with Gasteiger partial charge in [-0.15, -0.1) is 32.9 Å². The maximum atomic E-state index is 13.3. The van der Waals surface area contributed by atoms with Crippen LogP contribution in [-0.4, -0.2) is 37.1 Å². The number of hydrazone groups is 1. The number of carbonyl (C=O) groups is 1. The number of carbonyl (C=O) groups excluding carboxylic acids is 1. The van der Waals surface area contributed by atoms with E-state index in [-0.39, 0.29) is 11.9 Å². The number of nitrogens with zero attached hydrogens (tertiary/aromatic N) is 5. The molecular weight excluding hydrogens is 446 g/mol. The molecule has 0 spiro atoms. The fourth-order valence-electron chi connectivity index (χ4n) is 4.43. The Kier molecular flexibility index (Phi) is 6.24. The average molecular weight is 472 g/mol. The highest BCUT2D eigenvalue weighted by molar-refractivity contribution is 7.99. The van der Waals surface area contributed by atoms with Crippen LogP contribution < -0.4 is 0 Å². The van der Waals surface area contributed by atoms with E-state index in [4.69, 9.17) is 5.10 Å². The molecule has 0 aromatic carbocycles. The van der Waals surface area contributed by atoms with Crippen molar-refractivity contribution in [2.24, 2.45) is 5.10 Å². The van der Waals surface area contributed by atoms with Gasteiger partial charge in [-0.3, -0.25) is 4.79 Å². The molecule has 3 aromatic heterocycles. The highest BCUT2D eigenvalue weighted by Gasteiger charge is 2.34. The first-order chi connectivity index (χ1) is 15.2. The lowest BCUT2D eigenvalue weighted by atomic mass is 9.95. The quantitative estimate of drug-likeness (QED) is 0.434. The minimum atomic E-state index is -0.0249. The van der Waals surface area contributed by atoms with Gasteiger partial charge in [-0.25, -0.2) is 5.01 Å². The Morgan fingerprint density at radius 2 is 1.94 bits per heavy atom. The molecule has 1 atom stereocenters. The maximum Gasteiger partial charge on any atom is 0.253 e. The number of rotatable bonds is 6. The molecular formula is C22H25N5OS3. The summed E-state index contributed by atoms with van der Waals surface area (Å²) in [4.78, 5) is 15.6. The first kappa shape index (κ1) is 20.9. The van der Waals surface area contributed by atoms with Crippen molar-refractivity contribution in [1.82, 2.24) is 19.8 Å². The van der Waals surface area contributed by atoms with Gasteiger partial charge in [-0.2, -0.15) is 5.10 Å². The van der Waals surface area contributed by atoms with Gasteiger partial charge in [0.1, 0.15) is 5.82 Å². The second-order valence-corrected chi connectivity index (χ2v) is 10.8. The van der Waals surface area contributed by atoms with Gasteiger partial charge < -0.3 is 4.57 Å². The third kappa shape index (κ3) is 4.36. The van der Waals surface area contributed by atoms with Crippen LogP contribution in [0.3, 0.4) is 0 Å². The Hall–Kier alpha value is -1.97. The molecule has 6 nitrogen and oxygen atoms in total. The van der Waals surface area contributed by atoms with Gasteiger partial charge >= 0.3 is 0 Å². The molecule has 1 unspecified atom stereocenters. The van der Waals surface area contributed by atoms with Crippen molar-refractivity contribution < 1.29 is 4.79 Å². The summed E-state index contributed by atoms with van der Waals surface area (Å²) in [5.41, 5.74) is 0.993. The lowest BCUT2D eigenvalue weighted by molar-refractivity contribution is -0.130. The fraction of sp³-hybridized carbons (Fsp3) is 0.455. The number of hydrogen-bond acceptors (Lipinski definition) is 7. The Bertz CT molecular complexity index is 1050. The molecule has 31 heavy (non-hydrogen) atoms. The first-order valence-electron chi connectivity index (χ1n) is 10.7. The SMILES string of the molecule is Cc1nnc(SCC(=O)N2N=C(c3cccs3)CC2c2cccs2)n1C1CCCCC1. The molecule has 3 aromatic rings. The average Bonchev–Trinajstić information content (AvgIpc) is 3.59. The monoisotopic (exact) mass is 471 g/mol. The molecule has 2 aliphatic rings. The van der Waals surface area contributed by atoms with Crippen LogP contribution in [0.5, 0.6) is 0 Å². The number of thiophene rings is 2. The van der Waals surface area contributed by atoms with Crippen molar-refractivity contribution in [3.05, 3.63) is 50.6 Å². The number of hydrogen-bond donors (Lipinski definition) is 0. The van der Waals surface area contributed by atoms with Crippen LogP contribution in [0.15, 0.2) is 45.3 Å². The highest BCUT2D eigenvalue weighted by atomic mass is 32.2. The molecule has 0 bridgehead atoms.